The summed E-state index contributed by atoms with van der Waals surface area (Å²) in [5.41, 5.74) is 1.27. The van der Waals surface area contributed by atoms with E-state index in [9.17, 15) is 4.79 Å². The molecule has 3 nitrogen and oxygen atoms in total. The highest BCUT2D eigenvalue weighted by molar-refractivity contribution is 5.77. The van der Waals surface area contributed by atoms with Crippen LogP contribution < -0.4 is 5.32 Å². The Morgan fingerprint density at radius 3 is 2.41 bits per heavy atom. The van der Waals surface area contributed by atoms with E-state index in [0.29, 0.717) is 5.41 Å². The first-order valence-corrected chi connectivity index (χ1v) is 8.82. The summed E-state index contributed by atoms with van der Waals surface area (Å²) >= 11 is 0. The zero-order valence-corrected chi connectivity index (χ0v) is 13.4. The number of hydrogen-bond acceptors (Lipinski definition) is 2. The molecule has 0 aliphatic heterocycles. The van der Waals surface area contributed by atoms with E-state index in [1.54, 1.807) is 6.20 Å². The second kappa shape index (κ2) is 5.36. The van der Waals surface area contributed by atoms with E-state index in [2.05, 4.69) is 10.3 Å². The van der Waals surface area contributed by atoms with E-state index in [0.717, 1.165) is 29.9 Å². The SMILES string of the molecule is CC(NC(=O)CC12CC3CC(CC(C3)C1)C2)c1ccccn1. The van der Waals surface area contributed by atoms with Crippen molar-refractivity contribution < 1.29 is 4.79 Å². The number of carbonyl (C=O) groups excluding carboxylic acids is 1. The van der Waals surface area contributed by atoms with Crippen molar-refractivity contribution in [2.75, 3.05) is 0 Å². The van der Waals surface area contributed by atoms with Crippen LogP contribution in [0.5, 0.6) is 0 Å². The molecule has 0 saturated heterocycles. The van der Waals surface area contributed by atoms with Crippen molar-refractivity contribution in [1.29, 1.82) is 0 Å². The summed E-state index contributed by atoms with van der Waals surface area (Å²) in [5.74, 6) is 2.95. The lowest BCUT2D eigenvalue weighted by Crippen LogP contribution is -2.48. The number of rotatable bonds is 4. The van der Waals surface area contributed by atoms with Crippen LogP contribution >= 0.6 is 0 Å². The predicted octanol–water partition coefficient (Wildman–Crippen LogP) is 3.87. The predicted molar refractivity (Wildman–Crippen MR) is 86.0 cm³/mol. The molecule has 3 heteroatoms. The summed E-state index contributed by atoms with van der Waals surface area (Å²) in [5, 5.41) is 3.17. The van der Waals surface area contributed by atoms with Crippen molar-refractivity contribution in [3.63, 3.8) is 0 Å². The Balaban J connectivity index is 1.40. The van der Waals surface area contributed by atoms with Gasteiger partial charge in [0.2, 0.25) is 5.91 Å². The highest BCUT2D eigenvalue weighted by atomic mass is 16.1. The molecule has 118 valence electrons. The van der Waals surface area contributed by atoms with Crippen LogP contribution in [0.4, 0.5) is 0 Å². The standard InChI is InChI=1S/C19H26N2O/c1-13(17-4-2-3-5-20-17)21-18(22)12-19-9-14-6-15(10-19)8-16(7-14)11-19/h2-5,13-16H,6-12H2,1H3,(H,21,22). The molecular formula is C19H26N2O. The van der Waals surface area contributed by atoms with Gasteiger partial charge in [-0.05, 0) is 80.8 Å². The van der Waals surface area contributed by atoms with Gasteiger partial charge >= 0.3 is 0 Å². The van der Waals surface area contributed by atoms with Gasteiger partial charge in [-0.2, -0.15) is 0 Å². The third kappa shape index (κ3) is 2.66. The third-order valence-corrected chi connectivity index (χ3v) is 6.21. The van der Waals surface area contributed by atoms with Crippen LogP contribution in [0.2, 0.25) is 0 Å². The Hall–Kier alpha value is -1.38. The summed E-state index contributed by atoms with van der Waals surface area (Å²) in [4.78, 5) is 16.9. The lowest BCUT2D eigenvalue weighted by molar-refractivity contribution is -0.130. The molecule has 4 fully saturated rings. The van der Waals surface area contributed by atoms with Crippen molar-refractivity contribution in [3.8, 4) is 0 Å². The minimum atomic E-state index is 0.00242. The molecule has 1 N–H and O–H groups in total. The van der Waals surface area contributed by atoms with Crippen LogP contribution in [0.15, 0.2) is 24.4 Å². The van der Waals surface area contributed by atoms with E-state index in [1.807, 2.05) is 25.1 Å². The van der Waals surface area contributed by atoms with Gasteiger partial charge in [0.05, 0.1) is 11.7 Å². The van der Waals surface area contributed by atoms with E-state index in [4.69, 9.17) is 0 Å². The molecule has 4 bridgehead atoms. The molecule has 0 radical (unpaired) electrons. The van der Waals surface area contributed by atoms with E-state index >= 15 is 0 Å². The second-order valence-corrected chi connectivity index (χ2v) is 8.14. The molecule has 1 unspecified atom stereocenters. The van der Waals surface area contributed by atoms with Gasteiger partial charge in [-0.1, -0.05) is 6.07 Å². The molecule has 5 rings (SSSR count). The van der Waals surface area contributed by atoms with E-state index in [1.165, 1.54) is 38.5 Å². The van der Waals surface area contributed by atoms with E-state index in [-0.39, 0.29) is 11.9 Å². The molecule has 22 heavy (non-hydrogen) atoms. The molecule has 1 heterocycles. The Bertz CT molecular complexity index is 519. The first-order chi connectivity index (χ1) is 10.6. The zero-order chi connectivity index (χ0) is 15.2. The van der Waals surface area contributed by atoms with Crippen LogP contribution in [-0.2, 0) is 4.79 Å². The summed E-state index contributed by atoms with van der Waals surface area (Å²) in [6, 6.07) is 5.87. The number of amides is 1. The number of carbonyl (C=O) groups is 1. The fourth-order valence-corrected chi connectivity index (χ4v) is 5.85. The van der Waals surface area contributed by atoms with Crippen molar-refractivity contribution in [1.82, 2.24) is 10.3 Å². The molecule has 1 amide bonds. The Morgan fingerprint density at radius 1 is 1.23 bits per heavy atom. The highest BCUT2D eigenvalue weighted by Gasteiger charge is 2.51. The number of aromatic nitrogens is 1. The maximum Gasteiger partial charge on any atom is 0.221 e. The van der Waals surface area contributed by atoms with Gasteiger partial charge in [-0.3, -0.25) is 9.78 Å². The third-order valence-electron chi connectivity index (χ3n) is 6.21. The summed E-state index contributed by atoms with van der Waals surface area (Å²) < 4.78 is 0. The minimum Gasteiger partial charge on any atom is -0.348 e. The number of nitrogens with zero attached hydrogens (tertiary/aromatic N) is 1. The summed E-state index contributed by atoms with van der Waals surface area (Å²) in [6.07, 6.45) is 10.7. The monoisotopic (exact) mass is 298 g/mol. The van der Waals surface area contributed by atoms with Crippen molar-refractivity contribution >= 4 is 5.91 Å². The first-order valence-electron chi connectivity index (χ1n) is 8.82. The largest absolute Gasteiger partial charge is 0.348 e. The summed E-state index contributed by atoms with van der Waals surface area (Å²) in [6.45, 7) is 2.03. The fraction of sp³-hybridized carbons (Fsp3) is 0.684. The molecule has 4 saturated carbocycles. The van der Waals surface area contributed by atoms with Crippen molar-refractivity contribution in [2.45, 2.75) is 57.9 Å². The Morgan fingerprint density at radius 2 is 1.86 bits per heavy atom. The van der Waals surface area contributed by atoms with Crippen LogP contribution in [-0.4, -0.2) is 10.9 Å². The van der Waals surface area contributed by atoms with E-state index < -0.39 is 0 Å². The fourth-order valence-electron chi connectivity index (χ4n) is 5.85. The molecular weight excluding hydrogens is 272 g/mol. The average molecular weight is 298 g/mol. The van der Waals surface area contributed by atoms with Crippen LogP contribution in [0.1, 0.15) is 63.6 Å². The van der Waals surface area contributed by atoms with Crippen LogP contribution in [0.3, 0.4) is 0 Å². The number of hydrogen-bond donors (Lipinski definition) is 1. The molecule has 1 atom stereocenters. The number of pyridine rings is 1. The topological polar surface area (TPSA) is 42.0 Å². The quantitative estimate of drug-likeness (QED) is 0.917. The summed E-state index contributed by atoms with van der Waals surface area (Å²) in [7, 11) is 0. The smallest absolute Gasteiger partial charge is 0.221 e. The lowest BCUT2D eigenvalue weighted by Gasteiger charge is -2.56. The van der Waals surface area contributed by atoms with Gasteiger partial charge in [0.15, 0.2) is 0 Å². The second-order valence-electron chi connectivity index (χ2n) is 8.14. The minimum absolute atomic E-state index is 0.00242. The van der Waals surface area contributed by atoms with Crippen LogP contribution in [0.25, 0.3) is 0 Å². The van der Waals surface area contributed by atoms with Crippen LogP contribution in [0, 0.1) is 23.2 Å². The lowest BCUT2D eigenvalue weighted by atomic mass is 9.49. The van der Waals surface area contributed by atoms with Crippen molar-refractivity contribution in [2.24, 2.45) is 23.2 Å². The van der Waals surface area contributed by atoms with Gasteiger partial charge < -0.3 is 5.32 Å². The Labute approximate surface area is 132 Å². The Kier molecular flexibility index (Phi) is 3.47. The molecule has 1 aromatic rings. The van der Waals surface area contributed by atoms with Crippen molar-refractivity contribution in [3.05, 3.63) is 30.1 Å². The maximum absolute atomic E-state index is 12.6. The maximum atomic E-state index is 12.6. The molecule has 0 spiro atoms. The molecule has 1 aromatic heterocycles. The zero-order valence-electron chi connectivity index (χ0n) is 13.4. The van der Waals surface area contributed by atoms with Gasteiger partial charge in [0, 0.05) is 12.6 Å². The average Bonchev–Trinajstić information content (AvgIpc) is 2.45. The first kappa shape index (κ1) is 14.2. The van der Waals surface area contributed by atoms with Gasteiger partial charge in [0.25, 0.3) is 0 Å². The molecule has 4 aliphatic carbocycles. The molecule has 4 aliphatic rings. The van der Waals surface area contributed by atoms with Gasteiger partial charge in [0.1, 0.15) is 0 Å². The van der Waals surface area contributed by atoms with Gasteiger partial charge in [-0.15, -0.1) is 0 Å². The number of nitrogens with one attached hydrogen (secondary N) is 1. The highest BCUT2D eigenvalue weighted by Crippen LogP contribution is 2.61. The van der Waals surface area contributed by atoms with Gasteiger partial charge in [-0.25, -0.2) is 0 Å². The normalized spacial score (nSPS) is 37.0. The molecule has 0 aromatic carbocycles.